The second-order valence-electron chi connectivity index (χ2n) is 8.04. The lowest BCUT2D eigenvalue weighted by molar-refractivity contribution is 0.0623. The summed E-state index contributed by atoms with van der Waals surface area (Å²) in [6.07, 6.45) is 1.15. The van der Waals surface area contributed by atoms with E-state index in [4.69, 9.17) is 5.73 Å². The fourth-order valence-corrected chi connectivity index (χ4v) is 3.89. The SMILES string of the molecule is Cc1ccc(C(=O)N2CC(C)CC(C)C2)cc1NC(=O)c1ccc(CN)cc1.Cl. The summed E-state index contributed by atoms with van der Waals surface area (Å²) in [4.78, 5) is 27.5. The number of rotatable bonds is 4. The summed E-state index contributed by atoms with van der Waals surface area (Å²) in [7, 11) is 0. The number of likely N-dealkylation sites (tertiary alicyclic amines) is 1. The van der Waals surface area contributed by atoms with Gasteiger partial charge in [0.25, 0.3) is 11.8 Å². The Balaban J connectivity index is 0.00000300. The topological polar surface area (TPSA) is 75.4 Å². The Labute approximate surface area is 179 Å². The highest BCUT2D eigenvalue weighted by Gasteiger charge is 2.26. The van der Waals surface area contributed by atoms with Crippen molar-refractivity contribution < 1.29 is 9.59 Å². The molecule has 0 bridgehead atoms. The van der Waals surface area contributed by atoms with Gasteiger partial charge in [0.1, 0.15) is 0 Å². The molecule has 2 atom stereocenters. The van der Waals surface area contributed by atoms with Crippen LogP contribution in [0, 0.1) is 18.8 Å². The van der Waals surface area contributed by atoms with Crippen LogP contribution in [0.4, 0.5) is 5.69 Å². The number of hydrogen-bond donors (Lipinski definition) is 2. The quantitative estimate of drug-likeness (QED) is 0.783. The summed E-state index contributed by atoms with van der Waals surface area (Å²) in [6, 6.07) is 12.7. The largest absolute Gasteiger partial charge is 0.338 e. The van der Waals surface area contributed by atoms with Crippen molar-refractivity contribution in [2.75, 3.05) is 18.4 Å². The van der Waals surface area contributed by atoms with E-state index >= 15 is 0 Å². The molecule has 1 heterocycles. The van der Waals surface area contributed by atoms with Gasteiger partial charge in [0.15, 0.2) is 0 Å². The van der Waals surface area contributed by atoms with E-state index in [-0.39, 0.29) is 24.2 Å². The minimum absolute atomic E-state index is 0. The van der Waals surface area contributed by atoms with Gasteiger partial charge in [0.2, 0.25) is 0 Å². The molecule has 1 aliphatic rings. The molecule has 29 heavy (non-hydrogen) atoms. The molecule has 0 aliphatic carbocycles. The average molecular weight is 416 g/mol. The third kappa shape index (κ3) is 5.58. The summed E-state index contributed by atoms with van der Waals surface area (Å²) in [5.41, 5.74) is 9.34. The molecule has 2 amide bonds. The summed E-state index contributed by atoms with van der Waals surface area (Å²) >= 11 is 0. The first-order chi connectivity index (χ1) is 13.4. The van der Waals surface area contributed by atoms with Crippen molar-refractivity contribution in [3.05, 3.63) is 64.7 Å². The molecular weight excluding hydrogens is 386 g/mol. The molecule has 1 aliphatic heterocycles. The maximum absolute atomic E-state index is 13.0. The van der Waals surface area contributed by atoms with Crippen molar-refractivity contribution in [2.24, 2.45) is 17.6 Å². The fourth-order valence-electron chi connectivity index (χ4n) is 3.89. The van der Waals surface area contributed by atoms with E-state index in [9.17, 15) is 9.59 Å². The van der Waals surface area contributed by atoms with Gasteiger partial charge >= 0.3 is 0 Å². The molecule has 1 fully saturated rings. The van der Waals surface area contributed by atoms with Crippen molar-refractivity contribution >= 4 is 29.9 Å². The number of hydrogen-bond acceptors (Lipinski definition) is 3. The number of carbonyl (C=O) groups excluding carboxylic acids is 2. The highest BCUT2D eigenvalue weighted by atomic mass is 35.5. The zero-order chi connectivity index (χ0) is 20.3. The van der Waals surface area contributed by atoms with Crippen molar-refractivity contribution in [1.29, 1.82) is 0 Å². The highest BCUT2D eigenvalue weighted by Crippen LogP contribution is 2.24. The average Bonchev–Trinajstić information content (AvgIpc) is 2.68. The summed E-state index contributed by atoms with van der Waals surface area (Å²) in [5, 5.41) is 2.94. The molecule has 2 unspecified atom stereocenters. The lowest BCUT2D eigenvalue weighted by Crippen LogP contribution is -2.42. The third-order valence-electron chi connectivity index (χ3n) is 5.34. The first-order valence-corrected chi connectivity index (χ1v) is 9.87. The van der Waals surface area contributed by atoms with Crippen LogP contribution in [0.25, 0.3) is 0 Å². The van der Waals surface area contributed by atoms with E-state index in [1.54, 1.807) is 18.2 Å². The Morgan fingerprint density at radius 1 is 1.03 bits per heavy atom. The molecule has 1 saturated heterocycles. The second kappa shape index (κ2) is 9.90. The molecule has 3 N–H and O–H groups in total. The van der Waals surface area contributed by atoms with Crippen LogP contribution in [-0.2, 0) is 6.54 Å². The predicted molar refractivity (Wildman–Crippen MR) is 120 cm³/mol. The number of piperidine rings is 1. The minimum Gasteiger partial charge on any atom is -0.338 e. The summed E-state index contributed by atoms with van der Waals surface area (Å²) in [6.45, 7) is 8.31. The Kier molecular flexibility index (Phi) is 7.82. The van der Waals surface area contributed by atoms with Gasteiger partial charge in [-0.15, -0.1) is 12.4 Å². The molecule has 156 valence electrons. The van der Waals surface area contributed by atoms with Gasteiger partial charge in [0.05, 0.1) is 0 Å². The fraction of sp³-hybridized carbons (Fsp3) is 0.391. The molecule has 5 nitrogen and oxygen atoms in total. The van der Waals surface area contributed by atoms with E-state index < -0.39 is 0 Å². The lowest BCUT2D eigenvalue weighted by atomic mass is 9.91. The third-order valence-corrected chi connectivity index (χ3v) is 5.34. The number of anilines is 1. The molecule has 2 aromatic carbocycles. The van der Waals surface area contributed by atoms with Crippen LogP contribution < -0.4 is 11.1 Å². The maximum Gasteiger partial charge on any atom is 0.255 e. The van der Waals surface area contributed by atoms with E-state index in [0.717, 1.165) is 30.6 Å². The zero-order valence-electron chi connectivity index (χ0n) is 17.3. The first-order valence-electron chi connectivity index (χ1n) is 9.87. The Hall–Kier alpha value is -2.37. The number of nitrogens with one attached hydrogen (secondary N) is 1. The first kappa shape index (κ1) is 22.9. The summed E-state index contributed by atoms with van der Waals surface area (Å²) < 4.78 is 0. The molecule has 0 spiro atoms. The standard InChI is InChI=1S/C23H29N3O2.ClH/c1-15-10-16(2)14-26(13-15)23(28)20-7-4-17(3)21(11-20)25-22(27)19-8-5-18(12-24)6-9-19;/h4-9,11,15-16H,10,12-14,24H2,1-3H3,(H,25,27);1H. The molecule has 0 aromatic heterocycles. The molecule has 0 saturated carbocycles. The molecular formula is C23H30ClN3O2. The van der Waals surface area contributed by atoms with Crippen LogP contribution in [0.5, 0.6) is 0 Å². The number of benzene rings is 2. The van der Waals surface area contributed by atoms with E-state index in [2.05, 4.69) is 19.2 Å². The maximum atomic E-state index is 13.0. The number of halogens is 1. The van der Waals surface area contributed by atoms with Gasteiger partial charge in [-0.05, 0) is 60.6 Å². The second-order valence-corrected chi connectivity index (χ2v) is 8.04. The van der Waals surface area contributed by atoms with Crippen LogP contribution in [0.1, 0.15) is 52.1 Å². The zero-order valence-corrected chi connectivity index (χ0v) is 18.1. The lowest BCUT2D eigenvalue weighted by Gasteiger charge is -2.35. The van der Waals surface area contributed by atoms with Crippen molar-refractivity contribution in [3.8, 4) is 0 Å². The van der Waals surface area contributed by atoms with Gasteiger partial charge in [-0.3, -0.25) is 9.59 Å². The number of carbonyl (C=O) groups is 2. The van der Waals surface area contributed by atoms with E-state index in [0.29, 0.717) is 35.2 Å². The van der Waals surface area contributed by atoms with Crippen molar-refractivity contribution in [3.63, 3.8) is 0 Å². The normalized spacial score (nSPS) is 18.7. The number of nitrogens with two attached hydrogens (primary N) is 1. The molecule has 6 heteroatoms. The predicted octanol–water partition coefficient (Wildman–Crippen LogP) is 4.25. The van der Waals surface area contributed by atoms with Crippen LogP contribution in [0.15, 0.2) is 42.5 Å². The van der Waals surface area contributed by atoms with Crippen LogP contribution in [0.3, 0.4) is 0 Å². The highest BCUT2D eigenvalue weighted by molar-refractivity contribution is 6.05. The number of amides is 2. The van der Waals surface area contributed by atoms with Crippen LogP contribution in [0.2, 0.25) is 0 Å². The minimum atomic E-state index is -0.198. The Bertz CT molecular complexity index is 857. The van der Waals surface area contributed by atoms with Gasteiger partial charge < -0.3 is 16.0 Å². The summed E-state index contributed by atoms with van der Waals surface area (Å²) in [5.74, 6) is 0.848. The Morgan fingerprint density at radius 3 is 2.21 bits per heavy atom. The van der Waals surface area contributed by atoms with Crippen molar-refractivity contribution in [1.82, 2.24) is 4.90 Å². The monoisotopic (exact) mass is 415 g/mol. The Morgan fingerprint density at radius 2 is 1.62 bits per heavy atom. The van der Waals surface area contributed by atoms with Gasteiger partial charge in [0, 0.05) is 36.4 Å². The van der Waals surface area contributed by atoms with Crippen LogP contribution >= 0.6 is 12.4 Å². The van der Waals surface area contributed by atoms with E-state index in [1.165, 1.54) is 0 Å². The number of aryl methyl sites for hydroxylation is 1. The van der Waals surface area contributed by atoms with Crippen LogP contribution in [-0.4, -0.2) is 29.8 Å². The molecule has 0 radical (unpaired) electrons. The molecule has 3 rings (SSSR count). The van der Waals surface area contributed by atoms with Crippen molar-refractivity contribution in [2.45, 2.75) is 33.7 Å². The van der Waals surface area contributed by atoms with Gasteiger partial charge in [-0.25, -0.2) is 0 Å². The van der Waals surface area contributed by atoms with Gasteiger partial charge in [-0.1, -0.05) is 32.0 Å². The number of nitrogens with zero attached hydrogens (tertiary/aromatic N) is 1. The molecule has 2 aromatic rings. The van der Waals surface area contributed by atoms with E-state index in [1.807, 2.05) is 36.1 Å². The smallest absolute Gasteiger partial charge is 0.255 e. The van der Waals surface area contributed by atoms with Gasteiger partial charge in [-0.2, -0.15) is 0 Å².